The number of hydrogen-bond acceptors (Lipinski definition) is 2. The molecule has 0 saturated heterocycles. The van der Waals surface area contributed by atoms with Crippen LogP contribution in [0.3, 0.4) is 0 Å². The molecule has 1 atom stereocenters. The second-order valence-electron chi connectivity index (χ2n) is 6.39. The van der Waals surface area contributed by atoms with Crippen LogP contribution in [-0.4, -0.2) is 22.6 Å². The minimum atomic E-state index is 0.558. The van der Waals surface area contributed by atoms with Crippen LogP contribution in [0, 0.1) is 5.92 Å². The summed E-state index contributed by atoms with van der Waals surface area (Å²) in [5, 5.41) is 3.51. The van der Waals surface area contributed by atoms with E-state index in [1.165, 1.54) is 37.0 Å². The van der Waals surface area contributed by atoms with Gasteiger partial charge in [-0.25, -0.2) is 4.98 Å². The van der Waals surface area contributed by atoms with E-state index in [0.29, 0.717) is 6.04 Å². The third kappa shape index (κ3) is 3.13. The summed E-state index contributed by atoms with van der Waals surface area (Å²) in [4.78, 5) is 4.89. The summed E-state index contributed by atoms with van der Waals surface area (Å²) in [6.45, 7) is 3.30. The lowest BCUT2D eigenvalue weighted by Crippen LogP contribution is -2.33. The molecule has 3 nitrogen and oxygen atoms in total. The third-order valence-corrected chi connectivity index (χ3v) is 4.86. The number of rotatable bonds is 7. The number of fused-ring (bicyclic) bond motifs is 1. The van der Waals surface area contributed by atoms with Crippen LogP contribution < -0.4 is 5.32 Å². The van der Waals surface area contributed by atoms with Gasteiger partial charge in [0.05, 0.1) is 11.0 Å². The maximum atomic E-state index is 4.89. The lowest BCUT2D eigenvalue weighted by Gasteiger charge is -2.29. The Morgan fingerprint density at radius 1 is 1.33 bits per heavy atom. The fraction of sp³-hybridized carbons (Fsp3) is 0.611. The zero-order chi connectivity index (χ0) is 14.7. The second kappa shape index (κ2) is 6.61. The van der Waals surface area contributed by atoms with Crippen LogP contribution in [0.5, 0.6) is 0 Å². The molecule has 1 unspecified atom stereocenters. The standard InChI is InChI=1S/C18H27N3/c1-3-11-21-17-10-5-4-9-16(17)20-18(21)13-15(19-2)12-14-7-6-8-14/h4-5,9-10,14-15,19H,3,6-8,11-13H2,1-2H3. The first-order valence-corrected chi connectivity index (χ1v) is 8.43. The third-order valence-electron chi connectivity index (χ3n) is 4.86. The molecule has 1 fully saturated rings. The molecule has 1 aromatic carbocycles. The van der Waals surface area contributed by atoms with E-state index in [1.807, 2.05) is 0 Å². The van der Waals surface area contributed by atoms with E-state index in [-0.39, 0.29) is 0 Å². The van der Waals surface area contributed by atoms with E-state index in [4.69, 9.17) is 4.98 Å². The molecule has 0 radical (unpaired) electrons. The Kier molecular flexibility index (Phi) is 4.59. The fourth-order valence-electron chi connectivity index (χ4n) is 3.41. The van der Waals surface area contributed by atoms with Crippen molar-refractivity contribution < 1.29 is 0 Å². The van der Waals surface area contributed by atoms with Crippen LogP contribution in [0.4, 0.5) is 0 Å². The van der Waals surface area contributed by atoms with Crippen molar-refractivity contribution in [3.05, 3.63) is 30.1 Å². The van der Waals surface area contributed by atoms with Gasteiger partial charge in [-0.1, -0.05) is 38.3 Å². The normalized spacial score (nSPS) is 17.0. The Balaban J connectivity index is 1.82. The number of nitrogens with one attached hydrogen (secondary N) is 1. The summed E-state index contributed by atoms with van der Waals surface area (Å²) in [7, 11) is 2.09. The molecule has 0 amide bonds. The Labute approximate surface area is 127 Å². The van der Waals surface area contributed by atoms with Crippen LogP contribution in [0.15, 0.2) is 24.3 Å². The highest BCUT2D eigenvalue weighted by Crippen LogP contribution is 2.31. The maximum absolute atomic E-state index is 4.89. The van der Waals surface area contributed by atoms with Gasteiger partial charge in [-0.05, 0) is 37.9 Å². The maximum Gasteiger partial charge on any atom is 0.111 e. The molecule has 1 aromatic heterocycles. The van der Waals surface area contributed by atoms with E-state index in [9.17, 15) is 0 Å². The van der Waals surface area contributed by atoms with E-state index < -0.39 is 0 Å². The quantitative estimate of drug-likeness (QED) is 0.839. The van der Waals surface area contributed by atoms with E-state index >= 15 is 0 Å². The smallest absolute Gasteiger partial charge is 0.111 e. The Morgan fingerprint density at radius 3 is 2.81 bits per heavy atom. The van der Waals surface area contributed by atoms with Gasteiger partial charge in [0.1, 0.15) is 5.82 Å². The van der Waals surface area contributed by atoms with Gasteiger partial charge in [-0.2, -0.15) is 0 Å². The molecule has 0 bridgehead atoms. The molecule has 0 spiro atoms. The first kappa shape index (κ1) is 14.6. The molecule has 1 saturated carbocycles. The number of likely N-dealkylation sites (N-methyl/N-ethyl adjacent to an activating group) is 1. The average Bonchev–Trinajstić information content (AvgIpc) is 2.80. The molecule has 1 aliphatic rings. The molecular weight excluding hydrogens is 258 g/mol. The van der Waals surface area contributed by atoms with Crippen LogP contribution in [0.2, 0.25) is 0 Å². The summed E-state index contributed by atoms with van der Waals surface area (Å²) in [6, 6.07) is 9.08. The predicted molar refractivity (Wildman–Crippen MR) is 88.5 cm³/mol. The van der Waals surface area contributed by atoms with Gasteiger partial charge >= 0.3 is 0 Å². The molecule has 0 aliphatic heterocycles. The van der Waals surface area contributed by atoms with Crippen LogP contribution in [0.1, 0.15) is 44.9 Å². The van der Waals surface area contributed by atoms with Crippen molar-refractivity contribution in [2.24, 2.45) is 5.92 Å². The van der Waals surface area contributed by atoms with Crippen molar-refractivity contribution >= 4 is 11.0 Å². The second-order valence-corrected chi connectivity index (χ2v) is 6.39. The van der Waals surface area contributed by atoms with Gasteiger partial charge in [0, 0.05) is 19.0 Å². The number of nitrogens with zero attached hydrogens (tertiary/aromatic N) is 2. The highest BCUT2D eigenvalue weighted by molar-refractivity contribution is 5.75. The van der Waals surface area contributed by atoms with Gasteiger partial charge in [0.15, 0.2) is 0 Å². The summed E-state index contributed by atoms with van der Waals surface area (Å²) in [6.07, 6.45) is 7.76. The summed E-state index contributed by atoms with van der Waals surface area (Å²) >= 11 is 0. The van der Waals surface area contributed by atoms with Crippen molar-refractivity contribution in [3.8, 4) is 0 Å². The molecule has 114 valence electrons. The topological polar surface area (TPSA) is 29.9 Å². The lowest BCUT2D eigenvalue weighted by atomic mass is 9.80. The zero-order valence-electron chi connectivity index (χ0n) is 13.3. The van der Waals surface area contributed by atoms with Crippen LogP contribution >= 0.6 is 0 Å². The monoisotopic (exact) mass is 285 g/mol. The Bertz CT molecular complexity index is 583. The number of hydrogen-bond donors (Lipinski definition) is 1. The SMILES string of the molecule is CCCn1c(CC(CC2CCC2)NC)nc2ccccc21. The number of benzene rings is 1. The number of para-hydroxylation sites is 2. The lowest BCUT2D eigenvalue weighted by molar-refractivity contribution is 0.262. The first-order valence-electron chi connectivity index (χ1n) is 8.43. The van der Waals surface area contributed by atoms with Gasteiger partial charge in [-0.3, -0.25) is 0 Å². The zero-order valence-corrected chi connectivity index (χ0v) is 13.3. The molecule has 2 aromatic rings. The molecule has 3 rings (SSSR count). The largest absolute Gasteiger partial charge is 0.328 e. The summed E-state index contributed by atoms with van der Waals surface area (Å²) in [5.74, 6) is 2.18. The number of aromatic nitrogens is 2. The van der Waals surface area contributed by atoms with E-state index in [2.05, 4.69) is 48.1 Å². The molecule has 1 aliphatic carbocycles. The Hall–Kier alpha value is -1.35. The van der Waals surface area contributed by atoms with Crippen LogP contribution in [0.25, 0.3) is 11.0 Å². The highest BCUT2D eigenvalue weighted by Gasteiger charge is 2.23. The molecular formula is C18H27N3. The van der Waals surface area contributed by atoms with Gasteiger partial charge in [0.25, 0.3) is 0 Å². The number of imidazole rings is 1. The summed E-state index contributed by atoms with van der Waals surface area (Å²) in [5.41, 5.74) is 2.42. The van der Waals surface area contributed by atoms with Crippen molar-refractivity contribution in [1.82, 2.24) is 14.9 Å². The molecule has 21 heavy (non-hydrogen) atoms. The molecule has 3 heteroatoms. The van der Waals surface area contributed by atoms with Crippen LogP contribution in [-0.2, 0) is 13.0 Å². The predicted octanol–water partition coefficient (Wildman–Crippen LogP) is 3.77. The van der Waals surface area contributed by atoms with Crippen molar-refractivity contribution in [2.75, 3.05) is 7.05 Å². The number of aryl methyl sites for hydroxylation is 1. The molecule has 1 heterocycles. The first-order chi connectivity index (χ1) is 10.3. The van der Waals surface area contributed by atoms with E-state index in [0.717, 1.165) is 30.8 Å². The Morgan fingerprint density at radius 2 is 2.14 bits per heavy atom. The highest BCUT2D eigenvalue weighted by atomic mass is 15.1. The minimum Gasteiger partial charge on any atom is -0.328 e. The fourth-order valence-corrected chi connectivity index (χ4v) is 3.41. The minimum absolute atomic E-state index is 0.558. The average molecular weight is 285 g/mol. The van der Waals surface area contributed by atoms with Gasteiger partial charge in [-0.15, -0.1) is 0 Å². The van der Waals surface area contributed by atoms with Crippen molar-refractivity contribution in [1.29, 1.82) is 0 Å². The van der Waals surface area contributed by atoms with Crippen molar-refractivity contribution in [3.63, 3.8) is 0 Å². The van der Waals surface area contributed by atoms with Gasteiger partial charge < -0.3 is 9.88 Å². The molecule has 1 N–H and O–H groups in total. The van der Waals surface area contributed by atoms with Gasteiger partial charge in [0.2, 0.25) is 0 Å². The summed E-state index contributed by atoms with van der Waals surface area (Å²) < 4.78 is 2.42. The van der Waals surface area contributed by atoms with Crippen molar-refractivity contribution in [2.45, 2.75) is 58.0 Å². The van der Waals surface area contributed by atoms with E-state index in [1.54, 1.807) is 0 Å².